The van der Waals surface area contributed by atoms with Crippen molar-refractivity contribution in [1.29, 1.82) is 0 Å². The van der Waals surface area contributed by atoms with E-state index >= 15 is 0 Å². The van der Waals surface area contributed by atoms with E-state index in [1.54, 1.807) is 0 Å². The Balaban J connectivity index is 1.83. The number of nitrogens with one attached hydrogen (secondary N) is 1. The molecule has 1 saturated heterocycles. The van der Waals surface area contributed by atoms with Gasteiger partial charge in [0.15, 0.2) is 0 Å². The zero-order valence-electron chi connectivity index (χ0n) is 9.08. The fraction of sp³-hybridized carbons (Fsp3) is 0.538. The minimum atomic E-state index is 0.487. The molecule has 1 unspecified atom stereocenters. The summed E-state index contributed by atoms with van der Waals surface area (Å²) in [4.78, 5) is 2.59. The summed E-state index contributed by atoms with van der Waals surface area (Å²) in [5.74, 6) is 0. The number of hydrogen-bond donors (Lipinski definition) is 1. The van der Waals surface area contributed by atoms with E-state index in [0.717, 1.165) is 6.54 Å². The zero-order valence-corrected chi connectivity index (χ0v) is 9.08. The second-order valence-electron chi connectivity index (χ2n) is 4.58. The van der Waals surface area contributed by atoms with E-state index in [1.165, 1.54) is 43.5 Å². The topological polar surface area (TPSA) is 15.3 Å². The third kappa shape index (κ3) is 1.68. The summed E-state index contributed by atoms with van der Waals surface area (Å²) in [5, 5.41) is 3.62. The lowest BCUT2D eigenvalue weighted by molar-refractivity contribution is 0.145. The number of piperidine rings is 1. The molecular formula is C13H18N2. The predicted molar refractivity (Wildman–Crippen MR) is 61.4 cm³/mol. The molecule has 2 nitrogen and oxygen atoms in total. The maximum absolute atomic E-state index is 3.62. The van der Waals surface area contributed by atoms with E-state index < -0.39 is 0 Å². The first-order valence-corrected chi connectivity index (χ1v) is 6.00. The highest BCUT2D eigenvalue weighted by Crippen LogP contribution is 2.29. The minimum absolute atomic E-state index is 0.487. The largest absolute Gasteiger partial charge is 0.294 e. The summed E-state index contributed by atoms with van der Waals surface area (Å²) < 4.78 is 0. The van der Waals surface area contributed by atoms with Gasteiger partial charge in [0.1, 0.15) is 0 Å². The molecule has 0 spiro atoms. The van der Waals surface area contributed by atoms with Gasteiger partial charge in [0.2, 0.25) is 0 Å². The molecule has 1 fully saturated rings. The van der Waals surface area contributed by atoms with Crippen LogP contribution in [0.25, 0.3) is 0 Å². The second-order valence-corrected chi connectivity index (χ2v) is 4.58. The lowest BCUT2D eigenvalue weighted by Gasteiger charge is -2.32. The Bertz CT molecular complexity index is 342. The first kappa shape index (κ1) is 9.37. The normalized spacial score (nSPS) is 26.5. The van der Waals surface area contributed by atoms with E-state index in [-0.39, 0.29) is 0 Å². The highest BCUT2D eigenvalue weighted by Gasteiger charge is 2.27. The van der Waals surface area contributed by atoms with Gasteiger partial charge in [-0.3, -0.25) is 10.2 Å². The second kappa shape index (κ2) is 3.95. The lowest BCUT2D eigenvalue weighted by atomic mass is 10.1. The maximum Gasteiger partial charge on any atom is 0.0866 e. The molecule has 2 heterocycles. The van der Waals surface area contributed by atoms with Gasteiger partial charge in [-0.05, 0) is 37.1 Å². The van der Waals surface area contributed by atoms with Gasteiger partial charge in [-0.1, -0.05) is 30.7 Å². The molecular weight excluding hydrogens is 184 g/mol. The molecule has 1 aromatic rings. The van der Waals surface area contributed by atoms with Crippen LogP contribution in [0.5, 0.6) is 0 Å². The molecule has 0 aromatic heterocycles. The molecule has 1 aromatic carbocycles. The summed E-state index contributed by atoms with van der Waals surface area (Å²) in [5.41, 5.74) is 2.98. The van der Waals surface area contributed by atoms with Crippen LogP contribution in [0.2, 0.25) is 0 Å². The van der Waals surface area contributed by atoms with Gasteiger partial charge >= 0.3 is 0 Å². The third-order valence-corrected chi connectivity index (χ3v) is 3.59. The van der Waals surface area contributed by atoms with Gasteiger partial charge in [0, 0.05) is 6.54 Å². The number of nitrogens with zero attached hydrogens (tertiary/aromatic N) is 1. The first-order valence-electron chi connectivity index (χ1n) is 6.00. The maximum atomic E-state index is 3.62. The summed E-state index contributed by atoms with van der Waals surface area (Å²) in [7, 11) is 0. The number of likely N-dealkylation sites (tertiary alicyclic amines) is 1. The smallest absolute Gasteiger partial charge is 0.0866 e. The molecule has 2 aliphatic heterocycles. The molecule has 80 valence electrons. The fourth-order valence-corrected chi connectivity index (χ4v) is 2.78. The van der Waals surface area contributed by atoms with Gasteiger partial charge in [0.05, 0.1) is 6.17 Å². The number of rotatable bonds is 1. The van der Waals surface area contributed by atoms with Crippen LogP contribution in [0.4, 0.5) is 0 Å². The van der Waals surface area contributed by atoms with Crippen LogP contribution in [0.15, 0.2) is 24.3 Å². The number of hydrogen-bond acceptors (Lipinski definition) is 2. The Morgan fingerprint density at radius 1 is 1.07 bits per heavy atom. The van der Waals surface area contributed by atoms with E-state index in [9.17, 15) is 0 Å². The van der Waals surface area contributed by atoms with Crippen molar-refractivity contribution in [3.63, 3.8) is 0 Å². The van der Waals surface area contributed by atoms with Gasteiger partial charge < -0.3 is 0 Å². The minimum Gasteiger partial charge on any atom is -0.294 e. The Morgan fingerprint density at radius 3 is 2.73 bits per heavy atom. The molecule has 3 rings (SSSR count). The van der Waals surface area contributed by atoms with Crippen molar-refractivity contribution in [1.82, 2.24) is 10.2 Å². The molecule has 0 aliphatic carbocycles. The Hall–Kier alpha value is -0.860. The average Bonchev–Trinajstić information content (AvgIpc) is 2.74. The average molecular weight is 202 g/mol. The van der Waals surface area contributed by atoms with Crippen molar-refractivity contribution in [3.8, 4) is 0 Å². The highest BCUT2D eigenvalue weighted by atomic mass is 15.3. The van der Waals surface area contributed by atoms with Crippen LogP contribution < -0.4 is 5.32 Å². The molecule has 0 saturated carbocycles. The molecule has 2 heteroatoms. The van der Waals surface area contributed by atoms with Crippen LogP contribution in [-0.4, -0.2) is 18.0 Å². The predicted octanol–water partition coefficient (Wildman–Crippen LogP) is 2.27. The summed E-state index contributed by atoms with van der Waals surface area (Å²) in [6, 6.07) is 8.81. The van der Waals surface area contributed by atoms with Gasteiger partial charge in [-0.25, -0.2) is 0 Å². The van der Waals surface area contributed by atoms with E-state index in [4.69, 9.17) is 0 Å². The summed E-state index contributed by atoms with van der Waals surface area (Å²) in [6.45, 7) is 3.55. The van der Waals surface area contributed by atoms with E-state index in [1.807, 2.05) is 0 Å². The van der Waals surface area contributed by atoms with Crippen molar-refractivity contribution in [2.75, 3.05) is 13.1 Å². The quantitative estimate of drug-likeness (QED) is 0.751. The number of benzene rings is 1. The summed E-state index contributed by atoms with van der Waals surface area (Å²) >= 11 is 0. The standard InChI is InChI=1S/C13H18N2/c1-4-8-15(9-5-1)13-12-7-3-2-6-11(12)10-14-13/h2-3,6-7,13-14H,1,4-5,8-10H2. The Labute approximate surface area is 91.3 Å². The highest BCUT2D eigenvalue weighted by molar-refractivity contribution is 5.33. The molecule has 1 N–H and O–H groups in total. The van der Waals surface area contributed by atoms with E-state index in [2.05, 4.69) is 34.5 Å². The molecule has 1 atom stereocenters. The lowest BCUT2D eigenvalue weighted by Crippen LogP contribution is -2.38. The third-order valence-electron chi connectivity index (χ3n) is 3.59. The SMILES string of the molecule is c1ccc2c(c1)CNC2N1CCCCC1. The van der Waals surface area contributed by atoms with Crippen molar-refractivity contribution in [2.45, 2.75) is 32.0 Å². The van der Waals surface area contributed by atoms with Gasteiger partial charge in [-0.15, -0.1) is 0 Å². The molecule has 0 radical (unpaired) electrons. The Morgan fingerprint density at radius 2 is 1.87 bits per heavy atom. The monoisotopic (exact) mass is 202 g/mol. The van der Waals surface area contributed by atoms with E-state index in [0.29, 0.717) is 6.17 Å². The summed E-state index contributed by atoms with van der Waals surface area (Å²) in [6.07, 6.45) is 4.62. The van der Waals surface area contributed by atoms with Crippen LogP contribution in [-0.2, 0) is 6.54 Å². The Kier molecular flexibility index (Phi) is 2.47. The van der Waals surface area contributed by atoms with Crippen molar-refractivity contribution < 1.29 is 0 Å². The zero-order chi connectivity index (χ0) is 10.1. The van der Waals surface area contributed by atoms with Crippen molar-refractivity contribution in [2.24, 2.45) is 0 Å². The first-order chi connectivity index (χ1) is 7.45. The van der Waals surface area contributed by atoms with Gasteiger partial charge in [0.25, 0.3) is 0 Å². The molecule has 2 aliphatic rings. The van der Waals surface area contributed by atoms with Crippen LogP contribution in [0.1, 0.15) is 36.6 Å². The van der Waals surface area contributed by atoms with Gasteiger partial charge in [-0.2, -0.15) is 0 Å². The molecule has 0 bridgehead atoms. The van der Waals surface area contributed by atoms with Crippen molar-refractivity contribution in [3.05, 3.63) is 35.4 Å². The van der Waals surface area contributed by atoms with Crippen LogP contribution >= 0.6 is 0 Å². The molecule has 15 heavy (non-hydrogen) atoms. The van der Waals surface area contributed by atoms with Crippen LogP contribution in [0.3, 0.4) is 0 Å². The number of fused-ring (bicyclic) bond motifs is 1. The van der Waals surface area contributed by atoms with Crippen LogP contribution in [0, 0.1) is 0 Å². The molecule has 0 amide bonds. The van der Waals surface area contributed by atoms with Crippen molar-refractivity contribution >= 4 is 0 Å². The fourth-order valence-electron chi connectivity index (χ4n) is 2.78.